The molecule has 5 heterocycles. The van der Waals surface area contributed by atoms with Gasteiger partial charge in [-0.2, -0.15) is 0 Å². The lowest BCUT2D eigenvalue weighted by Gasteiger charge is -2.32. The molecule has 3 saturated heterocycles. The van der Waals surface area contributed by atoms with Gasteiger partial charge >= 0.3 is 21.1 Å². The molecule has 71 heavy (non-hydrogen) atoms. The van der Waals surface area contributed by atoms with E-state index >= 15 is 0 Å². The number of benzene rings is 6. The monoisotopic (exact) mass is 1010 g/mol. The Labute approximate surface area is 431 Å². The number of aromatic nitrogens is 2. The molecule has 2 aromatic heterocycles. The molecule has 3 aliphatic heterocycles. The van der Waals surface area contributed by atoms with Crippen LogP contribution in [0.4, 0.5) is 0 Å². The van der Waals surface area contributed by atoms with Gasteiger partial charge in [0.25, 0.3) is 0 Å². The van der Waals surface area contributed by atoms with Crippen molar-refractivity contribution in [3.63, 3.8) is 0 Å². The van der Waals surface area contributed by atoms with E-state index in [0.717, 1.165) is 21.2 Å². The molecule has 6 aromatic carbocycles. The third-order valence-electron chi connectivity index (χ3n) is 15.1. The topological polar surface area (TPSA) is 65.2 Å². The summed E-state index contributed by atoms with van der Waals surface area (Å²) in [4.78, 5) is 0. The molecule has 366 valence electrons. The number of rotatable bonds is 6. The Bertz CT molecular complexity index is 3050. The summed E-state index contributed by atoms with van der Waals surface area (Å²) in [5.74, 6) is 0. The van der Waals surface area contributed by atoms with Crippen molar-refractivity contribution in [3.05, 3.63) is 175 Å². The van der Waals surface area contributed by atoms with Crippen molar-refractivity contribution in [1.82, 2.24) is 9.13 Å². The van der Waals surface area contributed by atoms with Crippen molar-refractivity contribution in [3.8, 4) is 33.6 Å². The minimum Gasteiger partial charge on any atom is -0.405 e. The zero-order valence-corrected chi connectivity index (χ0v) is 44.2. The van der Waals surface area contributed by atoms with E-state index in [0.29, 0.717) is 0 Å². The zero-order chi connectivity index (χ0) is 49.9. The summed E-state index contributed by atoms with van der Waals surface area (Å²) < 4.78 is 42.0. The van der Waals surface area contributed by atoms with Crippen LogP contribution < -0.4 is 5.46 Å². The van der Waals surface area contributed by atoms with Gasteiger partial charge in [-0.1, -0.05) is 133 Å². The van der Waals surface area contributed by atoms with E-state index in [1.165, 1.54) is 44.2 Å². The normalized spacial score (nSPS) is 18.9. The SMILES string of the molecule is Brc1cccc(-c2cn(-c3ccccc3)c3ccccc23)c1.C.CC1(C)OB(B2OC(C)(C)C(C)(C)O2)OC1(C)C.CC1(C)OB(c2cccc(-c3cn(-c4ccccc4)c4ccccc34)c2)OC1(C)C. The number of halogens is 1. The first-order valence-corrected chi connectivity index (χ1v) is 25.1. The molecule has 0 spiro atoms. The van der Waals surface area contributed by atoms with Crippen LogP contribution in [0, 0.1) is 0 Å². The van der Waals surface area contributed by atoms with Gasteiger partial charge in [-0.15, -0.1) is 0 Å². The summed E-state index contributed by atoms with van der Waals surface area (Å²) >= 11 is 3.57. The van der Waals surface area contributed by atoms with Gasteiger partial charge in [-0.05, 0) is 148 Å². The van der Waals surface area contributed by atoms with E-state index < -0.39 is 14.0 Å². The molecule has 0 amide bonds. The largest absolute Gasteiger partial charge is 0.494 e. The first-order valence-electron chi connectivity index (χ1n) is 24.3. The van der Waals surface area contributed by atoms with E-state index in [2.05, 4.69) is 211 Å². The minimum absolute atomic E-state index is 0. The number of para-hydroxylation sites is 4. The first kappa shape index (κ1) is 52.2. The van der Waals surface area contributed by atoms with Crippen molar-refractivity contribution in [1.29, 1.82) is 0 Å². The van der Waals surface area contributed by atoms with Crippen LogP contribution in [-0.2, 0) is 27.9 Å². The van der Waals surface area contributed by atoms with Crippen LogP contribution in [-0.4, -0.2) is 63.9 Å². The van der Waals surface area contributed by atoms with Crippen LogP contribution in [0.2, 0.25) is 0 Å². The molecule has 12 heteroatoms. The highest BCUT2D eigenvalue weighted by Gasteiger charge is 2.63. The molecule has 3 fully saturated rings. The van der Waals surface area contributed by atoms with E-state index in [-0.39, 0.29) is 48.2 Å². The molecule has 0 N–H and O–H groups in total. The Kier molecular flexibility index (Phi) is 14.5. The van der Waals surface area contributed by atoms with Crippen molar-refractivity contribution < 1.29 is 27.9 Å². The highest BCUT2D eigenvalue weighted by atomic mass is 79.9. The highest BCUT2D eigenvalue weighted by Crippen LogP contribution is 2.43. The van der Waals surface area contributed by atoms with Crippen LogP contribution in [0.3, 0.4) is 0 Å². The maximum Gasteiger partial charge on any atom is 0.494 e. The molecule has 0 aliphatic carbocycles. The number of hydrogen-bond donors (Lipinski definition) is 0. The summed E-state index contributed by atoms with van der Waals surface area (Å²) in [7, 11) is -1.32. The van der Waals surface area contributed by atoms with Gasteiger partial charge < -0.3 is 37.1 Å². The molecule has 0 bridgehead atoms. The molecular formula is C59H68B3BrN2O6. The lowest BCUT2D eigenvalue weighted by Crippen LogP contribution is -2.41. The van der Waals surface area contributed by atoms with Gasteiger partial charge in [0.15, 0.2) is 0 Å². The second kappa shape index (κ2) is 19.7. The maximum absolute atomic E-state index is 6.28. The second-order valence-electron chi connectivity index (χ2n) is 21.5. The number of nitrogens with zero attached hydrogens (tertiary/aromatic N) is 2. The van der Waals surface area contributed by atoms with Crippen LogP contribution >= 0.6 is 15.9 Å². The summed E-state index contributed by atoms with van der Waals surface area (Å²) in [6.45, 7) is 24.6. The second-order valence-corrected chi connectivity index (χ2v) is 22.4. The van der Waals surface area contributed by atoms with Gasteiger partial charge in [0.05, 0.1) is 44.6 Å². The standard InChI is InChI=1S/C26H26BNO2.C20H14BrN.C12H24B2O4.CH4/c1-25(2)26(3,4)30-27(29-25)20-12-10-11-19(17-20)23-18-28(21-13-6-5-7-14-21)24-16-9-8-15-22(23)24;21-16-8-6-7-15(13-16)19-14-22(17-9-2-1-3-10-17)20-12-5-4-11-18(19)20;1-9(2)10(3,4)16-13(15-9)14-17-11(5,6)12(7,8)18-14;/h5-18H,1-4H3;1-14H;1-8H3;1H4. The summed E-state index contributed by atoms with van der Waals surface area (Å²) in [6.07, 6.45) is 4.45. The predicted molar refractivity (Wildman–Crippen MR) is 300 cm³/mol. The average Bonchev–Trinajstić information content (AvgIpc) is 4.07. The summed E-state index contributed by atoms with van der Waals surface area (Å²) in [5, 5.41) is 2.50. The van der Waals surface area contributed by atoms with Crippen LogP contribution in [0.1, 0.15) is 90.5 Å². The maximum atomic E-state index is 6.28. The lowest BCUT2D eigenvalue weighted by molar-refractivity contribution is 0.00578. The number of fused-ring (bicyclic) bond motifs is 2. The van der Waals surface area contributed by atoms with E-state index in [9.17, 15) is 0 Å². The molecule has 0 unspecified atom stereocenters. The Hall–Kier alpha value is -5.17. The quantitative estimate of drug-likeness (QED) is 0.155. The van der Waals surface area contributed by atoms with Gasteiger partial charge in [0.2, 0.25) is 0 Å². The smallest absolute Gasteiger partial charge is 0.405 e. The molecule has 0 saturated carbocycles. The number of hydrogen-bond acceptors (Lipinski definition) is 6. The average molecular weight is 1010 g/mol. The molecule has 3 aliphatic rings. The molecule has 8 aromatic rings. The van der Waals surface area contributed by atoms with Gasteiger partial charge in [-0.3, -0.25) is 0 Å². The van der Waals surface area contributed by atoms with Crippen LogP contribution in [0.15, 0.2) is 175 Å². The Morgan fingerprint density at radius 3 is 1.14 bits per heavy atom. The third-order valence-corrected chi connectivity index (χ3v) is 15.6. The van der Waals surface area contributed by atoms with Crippen molar-refractivity contribution in [2.24, 2.45) is 0 Å². The van der Waals surface area contributed by atoms with Gasteiger partial charge in [-0.25, -0.2) is 0 Å². The van der Waals surface area contributed by atoms with Crippen molar-refractivity contribution in [2.75, 3.05) is 0 Å². The Balaban J connectivity index is 0.000000147. The van der Waals surface area contributed by atoms with E-state index in [1.54, 1.807) is 0 Å². The fourth-order valence-corrected chi connectivity index (χ4v) is 9.31. The molecular weight excluding hydrogens is 945 g/mol. The molecule has 0 radical (unpaired) electrons. The van der Waals surface area contributed by atoms with Gasteiger partial charge in [0, 0.05) is 50.1 Å². The minimum atomic E-state index is -0.476. The lowest BCUT2D eigenvalue weighted by atomic mass is 9.49. The molecule has 11 rings (SSSR count). The first-order chi connectivity index (χ1) is 33.1. The fourth-order valence-electron chi connectivity index (χ4n) is 8.91. The van der Waals surface area contributed by atoms with Crippen LogP contribution in [0.5, 0.6) is 0 Å². The van der Waals surface area contributed by atoms with Crippen molar-refractivity contribution >= 4 is 64.3 Å². The van der Waals surface area contributed by atoms with Crippen LogP contribution in [0.25, 0.3) is 55.4 Å². The Morgan fingerprint density at radius 2 is 0.732 bits per heavy atom. The Morgan fingerprint density at radius 1 is 0.380 bits per heavy atom. The van der Waals surface area contributed by atoms with Crippen molar-refractivity contribution in [2.45, 2.75) is 124 Å². The predicted octanol–water partition coefficient (Wildman–Crippen LogP) is 14.5. The molecule has 8 nitrogen and oxygen atoms in total. The summed E-state index contributed by atoms with van der Waals surface area (Å²) in [5.41, 5.74) is 8.49. The summed E-state index contributed by atoms with van der Waals surface area (Å²) in [6, 6.07) is 55.0. The zero-order valence-electron chi connectivity index (χ0n) is 42.6. The van der Waals surface area contributed by atoms with E-state index in [4.69, 9.17) is 27.9 Å². The van der Waals surface area contributed by atoms with E-state index in [1.807, 2.05) is 67.5 Å². The molecule has 0 atom stereocenters. The highest BCUT2D eigenvalue weighted by molar-refractivity contribution is 9.10. The third kappa shape index (κ3) is 10.3. The van der Waals surface area contributed by atoms with Gasteiger partial charge in [0.1, 0.15) is 0 Å². The fraction of sp³-hybridized carbons (Fsp3) is 0.322.